The molecule has 0 aliphatic heterocycles. The molecule has 2 unspecified atom stereocenters. The van der Waals surface area contributed by atoms with Gasteiger partial charge in [0.05, 0.1) is 6.10 Å². The Morgan fingerprint density at radius 3 is 2.36 bits per heavy atom. The molecule has 1 nitrogen and oxygen atoms in total. The van der Waals surface area contributed by atoms with Crippen LogP contribution in [0.2, 0.25) is 0 Å². The van der Waals surface area contributed by atoms with Crippen molar-refractivity contribution < 1.29 is 5.11 Å². The van der Waals surface area contributed by atoms with Crippen molar-refractivity contribution in [1.29, 1.82) is 0 Å². The lowest BCUT2D eigenvalue weighted by Gasteiger charge is -2.14. The van der Waals surface area contributed by atoms with Crippen LogP contribution in [0.3, 0.4) is 0 Å². The van der Waals surface area contributed by atoms with Crippen LogP contribution in [0.5, 0.6) is 0 Å². The molecule has 0 aromatic rings. The zero-order valence-electron chi connectivity index (χ0n) is 8.14. The molecule has 0 spiro atoms. The Bertz CT molecular complexity index is 80.9. The second-order valence-electron chi connectivity index (χ2n) is 3.55. The van der Waals surface area contributed by atoms with Gasteiger partial charge in [-0.2, -0.15) is 0 Å². The van der Waals surface area contributed by atoms with Crippen LogP contribution in [0.4, 0.5) is 0 Å². The van der Waals surface area contributed by atoms with E-state index >= 15 is 0 Å². The van der Waals surface area contributed by atoms with Gasteiger partial charge in [0.2, 0.25) is 0 Å². The highest BCUT2D eigenvalue weighted by atomic mass is 16.3. The fourth-order valence-electron chi connectivity index (χ4n) is 1.30. The van der Waals surface area contributed by atoms with Crippen LogP contribution >= 0.6 is 0 Å². The summed E-state index contributed by atoms with van der Waals surface area (Å²) in [6.07, 6.45) is 5.66. The lowest BCUT2D eigenvalue weighted by atomic mass is 9.97. The van der Waals surface area contributed by atoms with Crippen LogP contribution in [0.1, 0.15) is 52.9 Å². The minimum atomic E-state index is -0.0677. The second-order valence-corrected chi connectivity index (χ2v) is 3.55. The van der Waals surface area contributed by atoms with Crippen molar-refractivity contribution in [2.75, 3.05) is 0 Å². The SMILES string of the molecule is CCCCC(C)CC(O)CC. The van der Waals surface area contributed by atoms with Gasteiger partial charge in [0, 0.05) is 0 Å². The Kier molecular flexibility index (Phi) is 6.63. The minimum Gasteiger partial charge on any atom is -0.393 e. The van der Waals surface area contributed by atoms with Crippen LogP contribution in [0, 0.1) is 5.92 Å². The van der Waals surface area contributed by atoms with Crippen molar-refractivity contribution in [2.45, 2.75) is 59.0 Å². The first-order valence-electron chi connectivity index (χ1n) is 4.88. The summed E-state index contributed by atoms with van der Waals surface area (Å²) in [5.74, 6) is 0.699. The molecule has 0 radical (unpaired) electrons. The number of hydrogen-bond donors (Lipinski definition) is 1. The molecular formula is C10H22O. The lowest BCUT2D eigenvalue weighted by Crippen LogP contribution is -2.10. The van der Waals surface area contributed by atoms with E-state index in [1.165, 1.54) is 19.3 Å². The van der Waals surface area contributed by atoms with Gasteiger partial charge < -0.3 is 5.11 Å². The van der Waals surface area contributed by atoms with Crippen LogP contribution < -0.4 is 0 Å². The Hall–Kier alpha value is -0.0400. The number of unbranched alkanes of at least 4 members (excludes halogenated alkanes) is 1. The van der Waals surface area contributed by atoms with Gasteiger partial charge in [-0.25, -0.2) is 0 Å². The monoisotopic (exact) mass is 158 g/mol. The van der Waals surface area contributed by atoms with E-state index in [-0.39, 0.29) is 6.10 Å². The predicted octanol–water partition coefficient (Wildman–Crippen LogP) is 2.97. The summed E-state index contributed by atoms with van der Waals surface area (Å²) in [5, 5.41) is 9.33. The highest BCUT2D eigenvalue weighted by molar-refractivity contribution is 4.59. The Labute approximate surface area is 70.8 Å². The number of hydrogen-bond acceptors (Lipinski definition) is 1. The van der Waals surface area contributed by atoms with Gasteiger partial charge in [-0.15, -0.1) is 0 Å². The zero-order valence-corrected chi connectivity index (χ0v) is 8.14. The van der Waals surface area contributed by atoms with Crippen molar-refractivity contribution in [3.05, 3.63) is 0 Å². The maximum Gasteiger partial charge on any atom is 0.0540 e. The molecule has 0 aliphatic carbocycles. The topological polar surface area (TPSA) is 20.2 Å². The minimum absolute atomic E-state index is 0.0677. The zero-order chi connectivity index (χ0) is 8.69. The third-order valence-electron chi connectivity index (χ3n) is 2.20. The first kappa shape index (κ1) is 11.0. The highest BCUT2D eigenvalue weighted by Crippen LogP contribution is 2.14. The molecule has 0 saturated heterocycles. The third-order valence-corrected chi connectivity index (χ3v) is 2.20. The molecule has 0 saturated carbocycles. The summed E-state index contributed by atoms with van der Waals surface area (Å²) in [5.41, 5.74) is 0. The Morgan fingerprint density at radius 1 is 1.27 bits per heavy atom. The van der Waals surface area contributed by atoms with Crippen LogP contribution in [0.15, 0.2) is 0 Å². The highest BCUT2D eigenvalue weighted by Gasteiger charge is 2.07. The van der Waals surface area contributed by atoms with E-state index in [4.69, 9.17) is 0 Å². The molecule has 0 bridgehead atoms. The first-order valence-corrected chi connectivity index (χ1v) is 4.88. The standard InChI is InChI=1S/C10H22O/c1-4-6-7-9(3)8-10(11)5-2/h9-11H,4-8H2,1-3H3. The van der Waals surface area contributed by atoms with E-state index in [1.54, 1.807) is 0 Å². The summed E-state index contributed by atoms with van der Waals surface area (Å²) >= 11 is 0. The van der Waals surface area contributed by atoms with Gasteiger partial charge in [0.25, 0.3) is 0 Å². The van der Waals surface area contributed by atoms with Crippen molar-refractivity contribution in [2.24, 2.45) is 5.92 Å². The van der Waals surface area contributed by atoms with Crippen LogP contribution in [0.25, 0.3) is 0 Å². The molecule has 2 atom stereocenters. The van der Waals surface area contributed by atoms with E-state index in [2.05, 4.69) is 13.8 Å². The molecule has 0 amide bonds. The maximum atomic E-state index is 9.33. The predicted molar refractivity (Wildman–Crippen MR) is 49.6 cm³/mol. The van der Waals surface area contributed by atoms with Crippen LogP contribution in [-0.2, 0) is 0 Å². The number of aliphatic hydroxyl groups is 1. The van der Waals surface area contributed by atoms with E-state index in [0.29, 0.717) is 5.92 Å². The molecule has 1 N–H and O–H groups in total. The second kappa shape index (κ2) is 6.66. The van der Waals surface area contributed by atoms with Gasteiger partial charge in [0.15, 0.2) is 0 Å². The van der Waals surface area contributed by atoms with Gasteiger partial charge in [-0.1, -0.05) is 40.0 Å². The summed E-state index contributed by atoms with van der Waals surface area (Å²) in [4.78, 5) is 0. The maximum absolute atomic E-state index is 9.33. The fraction of sp³-hybridized carbons (Fsp3) is 1.00. The lowest BCUT2D eigenvalue weighted by molar-refractivity contribution is 0.139. The van der Waals surface area contributed by atoms with Gasteiger partial charge >= 0.3 is 0 Å². The molecule has 0 fully saturated rings. The summed E-state index contributed by atoms with van der Waals surface area (Å²) in [7, 11) is 0. The summed E-state index contributed by atoms with van der Waals surface area (Å²) in [6, 6.07) is 0. The molecule has 0 aromatic heterocycles. The molecular weight excluding hydrogens is 136 g/mol. The first-order chi connectivity index (χ1) is 5.20. The normalized spacial score (nSPS) is 16.4. The molecule has 0 aliphatic rings. The Balaban J connectivity index is 3.27. The molecule has 68 valence electrons. The van der Waals surface area contributed by atoms with Gasteiger partial charge in [-0.3, -0.25) is 0 Å². The van der Waals surface area contributed by atoms with Gasteiger partial charge in [0.1, 0.15) is 0 Å². The van der Waals surface area contributed by atoms with Gasteiger partial charge in [-0.05, 0) is 18.8 Å². The molecule has 11 heavy (non-hydrogen) atoms. The number of aliphatic hydroxyl groups excluding tert-OH is 1. The summed E-state index contributed by atoms with van der Waals surface area (Å²) in [6.45, 7) is 6.48. The molecule has 1 heteroatoms. The largest absolute Gasteiger partial charge is 0.393 e. The van der Waals surface area contributed by atoms with E-state index in [0.717, 1.165) is 12.8 Å². The van der Waals surface area contributed by atoms with Crippen molar-refractivity contribution in [1.82, 2.24) is 0 Å². The van der Waals surface area contributed by atoms with E-state index in [1.807, 2.05) is 6.92 Å². The smallest absolute Gasteiger partial charge is 0.0540 e. The Morgan fingerprint density at radius 2 is 1.91 bits per heavy atom. The van der Waals surface area contributed by atoms with E-state index in [9.17, 15) is 5.11 Å². The van der Waals surface area contributed by atoms with Crippen molar-refractivity contribution >= 4 is 0 Å². The third kappa shape index (κ3) is 6.36. The molecule has 0 heterocycles. The number of rotatable bonds is 6. The average molecular weight is 158 g/mol. The van der Waals surface area contributed by atoms with Crippen LogP contribution in [-0.4, -0.2) is 11.2 Å². The molecule has 0 rings (SSSR count). The van der Waals surface area contributed by atoms with Crippen molar-refractivity contribution in [3.63, 3.8) is 0 Å². The van der Waals surface area contributed by atoms with Crippen molar-refractivity contribution in [3.8, 4) is 0 Å². The quantitative estimate of drug-likeness (QED) is 0.630. The fourth-order valence-corrected chi connectivity index (χ4v) is 1.30. The average Bonchev–Trinajstić information content (AvgIpc) is 2.00. The summed E-state index contributed by atoms with van der Waals surface area (Å²) < 4.78 is 0. The molecule has 0 aromatic carbocycles. The van der Waals surface area contributed by atoms with E-state index < -0.39 is 0 Å².